The molecule has 0 bridgehead atoms. The Kier molecular flexibility index (Phi) is 7.23. The molecule has 0 aromatic heterocycles. The van der Waals surface area contributed by atoms with E-state index in [1.165, 1.54) is 7.11 Å². The summed E-state index contributed by atoms with van der Waals surface area (Å²) < 4.78 is 4.64. The molecule has 0 radical (unpaired) electrons. The lowest BCUT2D eigenvalue weighted by molar-refractivity contribution is -0.145. The molecule has 116 valence electrons. The minimum Gasteiger partial charge on any atom is -0.469 e. The molecule has 0 spiro atoms. The van der Waals surface area contributed by atoms with Crippen molar-refractivity contribution in [2.45, 2.75) is 26.2 Å². The minimum absolute atomic E-state index is 0.0257. The van der Waals surface area contributed by atoms with Crippen LogP contribution in [0.5, 0.6) is 0 Å². The highest BCUT2D eigenvalue weighted by atomic mass is 35.5. The average molecular weight is 312 g/mol. The number of methoxy groups -OCH3 is 1. The molecule has 0 saturated heterocycles. The second-order valence-corrected chi connectivity index (χ2v) is 5.53. The number of carbonyl (C=O) groups is 2. The maximum Gasteiger partial charge on any atom is 0.308 e. The van der Waals surface area contributed by atoms with Gasteiger partial charge < -0.3 is 9.64 Å². The van der Waals surface area contributed by atoms with Crippen LogP contribution in [0.2, 0.25) is 5.02 Å². The molecule has 0 saturated carbocycles. The molecule has 1 amide bonds. The Morgan fingerprint density at radius 2 is 2.00 bits per heavy atom. The fourth-order valence-corrected chi connectivity index (χ4v) is 2.19. The lowest BCUT2D eigenvalue weighted by atomic mass is 10.1. The van der Waals surface area contributed by atoms with Crippen molar-refractivity contribution in [1.29, 1.82) is 0 Å². The summed E-state index contributed by atoms with van der Waals surface area (Å²) in [5.74, 6) is -0.504. The van der Waals surface area contributed by atoms with Gasteiger partial charge in [0.2, 0.25) is 5.91 Å². The number of ether oxygens (including phenoxy) is 1. The number of nitrogens with zero attached hydrogens (tertiary/aromatic N) is 1. The molecule has 0 aliphatic heterocycles. The zero-order valence-corrected chi connectivity index (χ0v) is 13.5. The topological polar surface area (TPSA) is 46.6 Å². The number of hydrogen-bond acceptors (Lipinski definition) is 3. The number of rotatable bonds is 7. The van der Waals surface area contributed by atoms with Crippen molar-refractivity contribution >= 4 is 23.5 Å². The molecule has 1 aromatic rings. The summed E-state index contributed by atoms with van der Waals surface area (Å²) in [7, 11) is 3.12. The van der Waals surface area contributed by atoms with Gasteiger partial charge in [0, 0.05) is 25.0 Å². The summed E-state index contributed by atoms with van der Waals surface area (Å²) in [5.41, 5.74) is 1.03. The van der Waals surface area contributed by atoms with E-state index in [9.17, 15) is 9.59 Å². The number of carbonyl (C=O) groups excluding carboxylic acids is 2. The summed E-state index contributed by atoms with van der Waals surface area (Å²) in [4.78, 5) is 25.0. The number of esters is 1. The van der Waals surface area contributed by atoms with Gasteiger partial charge in [0.15, 0.2) is 0 Å². The Balaban J connectivity index is 2.38. The largest absolute Gasteiger partial charge is 0.469 e. The molecule has 1 atom stereocenters. The molecule has 0 unspecified atom stereocenters. The van der Waals surface area contributed by atoms with Crippen molar-refractivity contribution < 1.29 is 14.3 Å². The van der Waals surface area contributed by atoms with Gasteiger partial charge in [-0.25, -0.2) is 0 Å². The molecule has 0 fully saturated rings. The lowest BCUT2D eigenvalue weighted by Gasteiger charge is -2.18. The van der Waals surface area contributed by atoms with E-state index in [0.29, 0.717) is 25.8 Å². The molecule has 0 N–H and O–H groups in total. The van der Waals surface area contributed by atoms with Crippen molar-refractivity contribution in [3.63, 3.8) is 0 Å². The maximum atomic E-state index is 12.0. The smallest absolute Gasteiger partial charge is 0.308 e. The summed E-state index contributed by atoms with van der Waals surface area (Å²) >= 11 is 6.09. The molecular formula is C16H22ClNO3. The van der Waals surface area contributed by atoms with E-state index in [4.69, 9.17) is 11.6 Å². The Hall–Kier alpha value is -1.55. The van der Waals surface area contributed by atoms with Crippen molar-refractivity contribution in [2.75, 3.05) is 20.7 Å². The third-order valence-corrected chi connectivity index (χ3v) is 3.86. The zero-order valence-electron chi connectivity index (χ0n) is 12.8. The van der Waals surface area contributed by atoms with Gasteiger partial charge in [-0.05, 0) is 24.5 Å². The van der Waals surface area contributed by atoms with Gasteiger partial charge in [0.05, 0.1) is 13.0 Å². The number of halogens is 1. The van der Waals surface area contributed by atoms with Crippen molar-refractivity contribution in [3.05, 3.63) is 34.9 Å². The Morgan fingerprint density at radius 3 is 2.62 bits per heavy atom. The third-order valence-electron chi connectivity index (χ3n) is 3.49. The molecule has 4 nitrogen and oxygen atoms in total. The van der Waals surface area contributed by atoms with E-state index in [2.05, 4.69) is 4.74 Å². The SMILES string of the molecule is COC(=O)[C@@H](C)CCC(=O)N(C)CCc1ccccc1Cl. The van der Waals surface area contributed by atoms with Gasteiger partial charge in [-0.2, -0.15) is 0 Å². The molecule has 21 heavy (non-hydrogen) atoms. The standard InChI is InChI=1S/C16H22ClNO3/c1-12(16(20)21-3)8-9-15(19)18(2)11-10-13-6-4-5-7-14(13)17/h4-7,12H,8-11H2,1-3H3/t12-/m0/s1. The van der Waals surface area contributed by atoms with Crippen LogP contribution >= 0.6 is 11.6 Å². The van der Waals surface area contributed by atoms with E-state index in [-0.39, 0.29) is 17.8 Å². The van der Waals surface area contributed by atoms with E-state index >= 15 is 0 Å². The van der Waals surface area contributed by atoms with Crippen LogP contribution in [0.15, 0.2) is 24.3 Å². The summed E-state index contributed by atoms with van der Waals surface area (Å²) in [6.07, 6.45) is 1.56. The van der Waals surface area contributed by atoms with Gasteiger partial charge in [0.25, 0.3) is 0 Å². The first kappa shape index (κ1) is 17.5. The number of likely N-dealkylation sites (N-methyl/N-ethyl adjacent to an activating group) is 1. The van der Waals surface area contributed by atoms with Crippen LogP contribution in [-0.4, -0.2) is 37.5 Å². The predicted molar refractivity (Wildman–Crippen MR) is 83.2 cm³/mol. The van der Waals surface area contributed by atoms with Crippen LogP contribution < -0.4 is 0 Å². The van der Waals surface area contributed by atoms with Crippen LogP contribution in [-0.2, 0) is 20.7 Å². The Morgan fingerprint density at radius 1 is 1.33 bits per heavy atom. The van der Waals surface area contributed by atoms with Crippen molar-refractivity contribution in [1.82, 2.24) is 4.90 Å². The van der Waals surface area contributed by atoms with Gasteiger partial charge in [-0.3, -0.25) is 9.59 Å². The summed E-state index contributed by atoms with van der Waals surface area (Å²) in [6, 6.07) is 7.62. The number of benzene rings is 1. The van der Waals surface area contributed by atoms with Gasteiger partial charge >= 0.3 is 5.97 Å². The first-order chi connectivity index (χ1) is 9.95. The third kappa shape index (κ3) is 5.76. The minimum atomic E-state index is -0.276. The highest BCUT2D eigenvalue weighted by molar-refractivity contribution is 6.31. The second kappa shape index (κ2) is 8.67. The average Bonchev–Trinajstić information content (AvgIpc) is 2.50. The molecule has 0 aliphatic carbocycles. The first-order valence-corrected chi connectivity index (χ1v) is 7.38. The van der Waals surface area contributed by atoms with Gasteiger partial charge in [0.1, 0.15) is 0 Å². The molecule has 5 heteroatoms. The quantitative estimate of drug-likeness (QED) is 0.727. The molecule has 1 aromatic carbocycles. The van der Waals surface area contributed by atoms with Crippen LogP contribution in [0.1, 0.15) is 25.3 Å². The summed E-state index contributed by atoms with van der Waals surface area (Å²) in [5, 5.41) is 0.720. The van der Waals surface area contributed by atoms with Gasteiger partial charge in [-0.15, -0.1) is 0 Å². The summed E-state index contributed by atoms with van der Waals surface area (Å²) in [6.45, 7) is 2.37. The van der Waals surface area contributed by atoms with Gasteiger partial charge in [-0.1, -0.05) is 36.7 Å². The van der Waals surface area contributed by atoms with E-state index < -0.39 is 0 Å². The number of hydrogen-bond donors (Lipinski definition) is 0. The van der Waals surface area contributed by atoms with Crippen LogP contribution in [0, 0.1) is 5.92 Å². The fraction of sp³-hybridized carbons (Fsp3) is 0.500. The molecular weight excluding hydrogens is 290 g/mol. The van der Waals surface area contributed by atoms with E-state index in [1.807, 2.05) is 24.3 Å². The van der Waals surface area contributed by atoms with Crippen molar-refractivity contribution in [2.24, 2.45) is 5.92 Å². The predicted octanol–water partition coefficient (Wildman–Crippen LogP) is 2.93. The highest BCUT2D eigenvalue weighted by Gasteiger charge is 2.16. The Bertz CT molecular complexity index is 490. The monoisotopic (exact) mass is 311 g/mol. The van der Waals surface area contributed by atoms with E-state index in [1.54, 1.807) is 18.9 Å². The van der Waals surface area contributed by atoms with Crippen LogP contribution in [0.25, 0.3) is 0 Å². The Labute approximate surface area is 131 Å². The maximum absolute atomic E-state index is 12.0. The molecule has 1 rings (SSSR count). The number of amides is 1. The first-order valence-electron chi connectivity index (χ1n) is 7.01. The highest BCUT2D eigenvalue weighted by Crippen LogP contribution is 2.16. The van der Waals surface area contributed by atoms with Crippen molar-refractivity contribution in [3.8, 4) is 0 Å². The molecule has 0 aliphatic rings. The lowest BCUT2D eigenvalue weighted by Crippen LogP contribution is -2.29. The second-order valence-electron chi connectivity index (χ2n) is 5.12. The fourth-order valence-electron chi connectivity index (χ4n) is 1.96. The van der Waals surface area contributed by atoms with Crippen LogP contribution in [0.4, 0.5) is 0 Å². The van der Waals surface area contributed by atoms with E-state index in [0.717, 1.165) is 10.6 Å². The molecule has 0 heterocycles. The zero-order chi connectivity index (χ0) is 15.8. The normalized spacial score (nSPS) is 11.8. The van der Waals surface area contributed by atoms with Crippen LogP contribution in [0.3, 0.4) is 0 Å².